The predicted octanol–water partition coefficient (Wildman–Crippen LogP) is 1.63. The minimum absolute atomic E-state index is 0.0185. The molecule has 0 radical (unpaired) electrons. The summed E-state index contributed by atoms with van der Waals surface area (Å²) in [5.74, 6) is 5.59. The Morgan fingerprint density at radius 3 is 2.74 bits per heavy atom. The van der Waals surface area contributed by atoms with Crippen LogP contribution in [0, 0.1) is 17.3 Å². The molecule has 7 heteroatoms. The molecule has 0 spiro atoms. The fraction of sp³-hybridized carbons (Fsp3) is 0.583. The summed E-state index contributed by atoms with van der Waals surface area (Å²) in [6.45, 7) is 6.29. The average Bonchev–Trinajstić information content (AvgIpc) is 2.70. The van der Waals surface area contributed by atoms with E-state index in [-0.39, 0.29) is 17.7 Å². The number of hydrogen-bond donors (Lipinski definition) is 2. The number of thiazole rings is 1. The normalized spacial score (nSPS) is 11.8. The van der Waals surface area contributed by atoms with Crippen LogP contribution in [0.1, 0.15) is 32.1 Å². The lowest BCUT2D eigenvalue weighted by Crippen LogP contribution is -2.20. The van der Waals surface area contributed by atoms with E-state index in [1.54, 1.807) is 0 Å². The maximum atomic E-state index is 11.9. The first kappa shape index (κ1) is 16.0. The zero-order valence-corrected chi connectivity index (χ0v) is 13.0. The van der Waals surface area contributed by atoms with Crippen molar-refractivity contribution in [3.05, 3.63) is 11.1 Å². The molecule has 19 heavy (non-hydrogen) atoms. The van der Waals surface area contributed by atoms with Crippen molar-refractivity contribution in [2.24, 2.45) is 11.1 Å². The van der Waals surface area contributed by atoms with Crippen LogP contribution in [-0.4, -0.2) is 25.7 Å². The number of anilines is 1. The number of nitrogens with two attached hydrogens (primary N) is 1. The van der Waals surface area contributed by atoms with Crippen molar-refractivity contribution in [1.82, 2.24) is 4.98 Å². The quantitative estimate of drug-likeness (QED) is 0.828. The summed E-state index contributed by atoms with van der Waals surface area (Å²) in [4.78, 5) is 4.68. The largest absolute Gasteiger partial charge is 0.320 e. The van der Waals surface area contributed by atoms with Gasteiger partial charge in [-0.25, -0.2) is 13.4 Å². The third kappa shape index (κ3) is 6.57. The van der Waals surface area contributed by atoms with Gasteiger partial charge in [-0.1, -0.05) is 43.9 Å². The topological polar surface area (TPSA) is 85.1 Å². The van der Waals surface area contributed by atoms with Gasteiger partial charge in [0, 0.05) is 0 Å². The van der Waals surface area contributed by atoms with Gasteiger partial charge in [-0.2, -0.15) is 0 Å². The molecule has 1 heterocycles. The maximum absolute atomic E-state index is 11.9. The summed E-state index contributed by atoms with van der Waals surface area (Å²) in [6.07, 6.45) is 2.13. The van der Waals surface area contributed by atoms with Crippen molar-refractivity contribution < 1.29 is 8.42 Å². The van der Waals surface area contributed by atoms with Crippen LogP contribution in [0.2, 0.25) is 0 Å². The van der Waals surface area contributed by atoms with E-state index in [1.807, 2.05) is 20.8 Å². The van der Waals surface area contributed by atoms with Crippen molar-refractivity contribution in [2.75, 3.05) is 17.0 Å². The summed E-state index contributed by atoms with van der Waals surface area (Å²) in [7, 11) is -3.35. The summed E-state index contributed by atoms with van der Waals surface area (Å²) in [5.41, 5.74) is 5.25. The molecule has 0 atom stereocenters. The second-order valence-corrected chi connectivity index (χ2v) is 8.14. The Hall–Kier alpha value is -1.10. The Bertz CT molecular complexity index is 574. The molecular weight excluding hydrogens is 282 g/mol. The smallest absolute Gasteiger partial charge is 0.234 e. The SMILES string of the molecule is CC(C)(C)CCS(=O)(=O)Nc1ncc(C#CCN)s1. The van der Waals surface area contributed by atoms with Crippen molar-refractivity contribution in [2.45, 2.75) is 27.2 Å². The van der Waals surface area contributed by atoms with E-state index < -0.39 is 10.0 Å². The number of sulfonamides is 1. The van der Waals surface area contributed by atoms with Gasteiger partial charge in [-0.05, 0) is 11.8 Å². The Kier molecular flexibility index (Phi) is 5.35. The van der Waals surface area contributed by atoms with E-state index in [1.165, 1.54) is 17.5 Å². The summed E-state index contributed by atoms with van der Waals surface area (Å²) >= 11 is 1.20. The highest BCUT2D eigenvalue weighted by molar-refractivity contribution is 7.92. The van der Waals surface area contributed by atoms with Gasteiger partial charge in [0.15, 0.2) is 5.13 Å². The first-order valence-corrected chi connectivity index (χ1v) is 8.34. The first-order chi connectivity index (χ1) is 8.72. The molecule has 0 unspecified atom stereocenters. The van der Waals surface area contributed by atoms with Crippen LogP contribution >= 0.6 is 11.3 Å². The van der Waals surface area contributed by atoms with Crippen LogP contribution in [0.4, 0.5) is 5.13 Å². The number of nitrogens with one attached hydrogen (secondary N) is 1. The highest BCUT2D eigenvalue weighted by Gasteiger charge is 2.18. The fourth-order valence-electron chi connectivity index (χ4n) is 1.14. The van der Waals surface area contributed by atoms with Gasteiger partial charge < -0.3 is 5.73 Å². The zero-order valence-electron chi connectivity index (χ0n) is 11.4. The molecule has 5 nitrogen and oxygen atoms in total. The molecule has 0 saturated carbocycles. The van der Waals surface area contributed by atoms with Crippen molar-refractivity contribution in [1.29, 1.82) is 0 Å². The second kappa shape index (κ2) is 6.37. The first-order valence-electron chi connectivity index (χ1n) is 5.87. The van der Waals surface area contributed by atoms with Gasteiger partial charge in [-0.3, -0.25) is 4.72 Å². The Balaban J connectivity index is 2.65. The van der Waals surface area contributed by atoms with E-state index in [2.05, 4.69) is 21.5 Å². The van der Waals surface area contributed by atoms with Gasteiger partial charge in [0.2, 0.25) is 10.0 Å². The molecule has 0 aromatic carbocycles. The molecule has 0 aliphatic carbocycles. The molecular formula is C12H19N3O2S2. The molecule has 106 valence electrons. The minimum atomic E-state index is -3.35. The molecule has 1 aromatic rings. The number of hydrogen-bond acceptors (Lipinski definition) is 5. The number of rotatable bonds is 4. The van der Waals surface area contributed by atoms with Gasteiger partial charge in [0.05, 0.1) is 23.4 Å². The molecule has 0 amide bonds. The van der Waals surface area contributed by atoms with Crippen molar-refractivity contribution in [3.8, 4) is 11.8 Å². The summed E-state index contributed by atoms with van der Waals surface area (Å²) in [5, 5.41) is 0.343. The van der Waals surface area contributed by atoms with Crippen LogP contribution in [0.3, 0.4) is 0 Å². The Morgan fingerprint density at radius 2 is 2.16 bits per heavy atom. The van der Waals surface area contributed by atoms with Gasteiger partial charge in [0.25, 0.3) is 0 Å². The third-order valence-corrected chi connectivity index (χ3v) is 4.39. The molecule has 0 bridgehead atoms. The Morgan fingerprint density at radius 1 is 1.47 bits per heavy atom. The monoisotopic (exact) mass is 301 g/mol. The lowest BCUT2D eigenvalue weighted by Gasteiger charge is -2.17. The summed E-state index contributed by atoms with van der Waals surface area (Å²) in [6, 6.07) is 0. The lowest BCUT2D eigenvalue weighted by molar-refractivity contribution is 0.397. The average molecular weight is 301 g/mol. The maximum Gasteiger partial charge on any atom is 0.234 e. The van der Waals surface area contributed by atoms with E-state index >= 15 is 0 Å². The summed E-state index contributed by atoms with van der Waals surface area (Å²) < 4.78 is 26.2. The van der Waals surface area contributed by atoms with Crippen LogP contribution in [0.25, 0.3) is 0 Å². The van der Waals surface area contributed by atoms with E-state index in [9.17, 15) is 8.42 Å². The Labute approximate surface area is 118 Å². The van der Waals surface area contributed by atoms with Crippen LogP contribution in [-0.2, 0) is 10.0 Å². The van der Waals surface area contributed by atoms with Crippen LogP contribution in [0.15, 0.2) is 6.20 Å². The van der Waals surface area contributed by atoms with E-state index in [0.29, 0.717) is 16.4 Å². The van der Waals surface area contributed by atoms with Crippen LogP contribution < -0.4 is 10.5 Å². The number of aromatic nitrogens is 1. The van der Waals surface area contributed by atoms with Gasteiger partial charge in [-0.15, -0.1) is 0 Å². The fourth-order valence-corrected chi connectivity index (χ4v) is 3.53. The molecule has 3 N–H and O–H groups in total. The second-order valence-electron chi connectivity index (χ2n) is 5.27. The van der Waals surface area contributed by atoms with Gasteiger partial charge in [0.1, 0.15) is 0 Å². The van der Waals surface area contributed by atoms with Crippen molar-refractivity contribution in [3.63, 3.8) is 0 Å². The minimum Gasteiger partial charge on any atom is -0.320 e. The highest BCUT2D eigenvalue weighted by atomic mass is 32.2. The molecule has 0 aliphatic rings. The standard InChI is InChI=1S/C12H19N3O2S2/c1-12(2,3)6-8-19(16,17)15-11-14-9-10(18-11)5-4-7-13/h9H,6-8,13H2,1-3H3,(H,14,15). The number of nitrogens with zero attached hydrogens (tertiary/aromatic N) is 1. The van der Waals surface area contributed by atoms with E-state index in [0.717, 1.165) is 0 Å². The van der Waals surface area contributed by atoms with Crippen LogP contribution in [0.5, 0.6) is 0 Å². The highest BCUT2D eigenvalue weighted by Crippen LogP contribution is 2.22. The van der Waals surface area contributed by atoms with Crippen molar-refractivity contribution >= 4 is 26.5 Å². The molecule has 0 saturated heterocycles. The molecule has 1 rings (SSSR count). The zero-order chi connectivity index (χ0) is 14.5. The molecule has 0 aliphatic heterocycles. The predicted molar refractivity (Wildman–Crippen MR) is 79.5 cm³/mol. The lowest BCUT2D eigenvalue weighted by atomic mass is 9.94. The molecule has 1 aromatic heterocycles. The molecule has 0 fully saturated rings. The van der Waals surface area contributed by atoms with Gasteiger partial charge >= 0.3 is 0 Å². The van der Waals surface area contributed by atoms with E-state index in [4.69, 9.17) is 5.73 Å². The third-order valence-electron chi connectivity index (χ3n) is 2.18.